The van der Waals surface area contributed by atoms with Crippen LogP contribution in [0.25, 0.3) is 97.7 Å². The lowest BCUT2D eigenvalue weighted by Crippen LogP contribution is -2.16. The number of hydrogen-bond donors (Lipinski definition) is 0. The SMILES string of the molecule is [2H]c1cccc2c1oc1c(N(c3c(C(C)C)ccc4ccc(C(C)C)cc34)c3cc4c(C(C)C)cc(N(c5c(C(C)C)ccc6ccc(C(C)C)cc56)c5cccc6c5oc5c([2H])cccc56)c5ccc6c(C(C)C)ccc3c6c45)cccc12. The van der Waals surface area contributed by atoms with Gasteiger partial charge in [-0.2, -0.15) is 0 Å². The van der Waals surface area contributed by atoms with Gasteiger partial charge in [-0.3, -0.25) is 0 Å². The molecular formula is C78H72N2O2. The van der Waals surface area contributed by atoms with E-state index >= 15 is 0 Å². The fourth-order valence-corrected chi connectivity index (χ4v) is 13.6. The average Bonchev–Trinajstić information content (AvgIpc) is 0.850. The molecule has 0 aliphatic carbocycles. The molecule has 82 heavy (non-hydrogen) atoms. The first kappa shape index (κ1) is 49.2. The van der Waals surface area contributed by atoms with E-state index in [0.717, 1.165) is 77.6 Å². The highest BCUT2D eigenvalue weighted by molar-refractivity contribution is 6.31. The molecule has 406 valence electrons. The van der Waals surface area contributed by atoms with E-state index in [9.17, 15) is 0 Å². The van der Waals surface area contributed by atoms with Gasteiger partial charge in [0.25, 0.3) is 0 Å². The Balaban J connectivity index is 1.18. The Morgan fingerprint density at radius 3 is 1.20 bits per heavy atom. The Morgan fingerprint density at radius 2 is 0.720 bits per heavy atom. The van der Waals surface area contributed by atoms with E-state index in [1.165, 1.54) is 76.5 Å². The molecule has 0 unspecified atom stereocenters. The van der Waals surface area contributed by atoms with Gasteiger partial charge in [0.1, 0.15) is 11.2 Å². The number of para-hydroxylation sites is 4. The molecule has 0 aliphatic heterocycles. The van der Waals surface area contributed by atoms with Crippen molar-refractivity contribution in [1.82, 2.24) is 0 Å². The van der Waals surface area contributed by atoms with Crippen LogP contribution in [0.2, 0.25) is 0 Å². The van der Waals surface area contributed by atoms with Crippen LogP contribution >= 0.6 is 0 Å². The molecule has 14 aromatic rings. The molecule has 4 nitrogen and oxygen atoms in total. The summed E-state index contributed by atoms with van der Waals surface area (Å²) in [4.78, 5) is 5.09. The number of hydrogen-bond acceptors (Lipinski definition) is 4. The fourth-order valence-electron chi connectivity index (χ4n) is 13.6. The van der Waals surface area contributed by atoms with E-state index in [4.69, 9.17) is 11.6 Å². The third kappa shape index (κ3) is 7.92. The van der Waals surface area contributed by atoms with E-state index in [0.29, 0.717) is 35.1 Å². The van der Waals surface area contributed by atoms with E-state index < -0.39 is 0 Å². The molecule has 0 aliphatic rings. The average molecular weight is 1070 g/mol. The highest BCUT2D eigenvalue weighted by atomic mass is 16.3. The predicted molar refractivity (Wildman–Crippen MR) is 354 cm³/mol. The molecule has 0 saturated carbocycles. The maximum absolute atomic E-state index is 9.13. The van der Waals surface area contributed by atoms with Crippen LogP contribution in [-0.2, 0) is 0 Å². The lowest BCUT2D eigenvalue weighted by Gasteiger charge is -2.34. The first-order valence-corrected chi connectivity index (χ1v) is 29.8. The summed E-state index contributed by atoms with van der Waals surface area (Å²) < 4.78 is 32.4. The van der Waals surface area contributed by atoms with E-state index in [1.807, 2.05) is 24.3 Å². The zero-order chi connectivity index (χ0) is 58.3. The lowest BCUT2D eigenvalue weighted by molar-refractivity contribution is 0.668. The van der Waals surface area contributed by atoms with Crippen molar-refractivity contribution >= 4 is 132 Å². The molecule has 0 bridgehead atoms. The predicted octanol–water partition coefficient (Wildman–Crippen LogP) is 24.4. The lowest BCUT2D eigenvalue weighted by atomic mass is 9.83. The van der Waals surface area contributed by atoms with Gasteiger partial charge in [0, 0.05) is 43.1 Å². The van der Waals surface area contributed by atoms with Gasteiger partial charge in [-0.15, -0.1) is 0 Å². The van der Waals surface area contributed by atoms with E-state index in [1.54, 1.807) is 0 Å². The van der Waals surface area contributed by atoms with Crippen LogP contribution in [0.5, 0.6) is 0 Å². The van der Waals surface area contributed by atoms with Gasteiger partial charge in [-0.05, 0) is 150 Å². The molecule has 2 aromatic heterocycles. The molecule has 14 rings (SSSR count). The highest BCUT2D eigenvalue weighted by Gasteiger charge is 2.32. The first-order valence-electron chi connectivity index (χ1n) is 30.8. The molecule has 4 heteroatoms. The summed E-state index contributed by atoms with van der Waals surface area (Å²) in [6, 6.07) is 63.5. The number of rotatable bonds is 12. The topological polar surface area (TPSA) is 32.8 Å². The van der Waals surface area contributed by atoms with Gasteiger partial charge in [0.15, 0.2) is 11.2 Å². The molecule has 0 radical (unpaired) electrons. The Morgan fingerprint density at radius 1 is 0.305 bits per heavy atom. The summed E-state index contributed by atoms with van der Waals surface area (Å²) >= 11 is 0. The Bertz CT molecular complexity index is 4960. The van der Waals surface area contributed by atoms with Gasteiger partial charge in [0.2, 0.25) is 0 Å². The van der Waals surface area contributed by atoms with Crippen molar-refractivity contribution in [2.24, 2.45) is 0 Å². The van der Waals surface area contributed by atoms with Crippen LogP contribution in [0, 0.1) is 0 Å². The smallest absolute Gasteiger partial charge is 0.159 e. The second kappa shape index (κ2) is 19.6. The summed E-state index contributed by atoms with van der Waals surface area (Å²) in [7, 11) is 0. The minimum absolute atomic E-state index is 0.0881. The van der Waals surface area contributed by atoms with Gasteiger partial charge in [-0.1, -0.05) is 217 Å². The molecule has 2 heterocycles. The minimum Gasteiger partial charge on any atom is -0.454 e. The Kier molecular flexibility index (Phi) is 11.7. The molecule has 0 saturated heterocycles. The Labute approximate surface area is 484 Å². The van der Waals surface area contributed by atoms with Crippen molar-refractivity contribution in [3.8, 4) is 0 Å². The van der Waals surface area contributed by atoms with Crippen LogP contribution in [0.15, 0.2) is 191 Å². The Hall–Kier alpha value is -8.60. The molecule has 0 fully saturated rings. The highest BCUT2D eigenvalue weighted by Crippen LogP contribution is 2.56. The van der Waals surface area contributed by atoms with Crippen molar-refractivity contribution in [3.63, 3.8) is 0 Å². The van der Waals surface area contributed by atoms with Crippen molar-refractivity contribution < 1.29 is 11.6 Å². The molecule has 0 N–H and O–H groups in total. The number of nitrogens with zero attached hydrogens (tertiary/aromatic N) is 2. The van der Waals surface area contributed by atoms with Gasteiger partial charge in [-0.25, -0.2) is 0 Å². The van der Waals surface area contributed by atoms with Crippen LogP contribution < -0.4 is 9.80 Å². The van der Waals surface area contributed by atoms with Gasteiger partial charge >= 0.3 is 0 Å². The van der Waals surface area contributed by atoms with Crippen molar-refractivity contribution in [3.05, 3.63) is 215 Å². The minimum atomic E-state index is 0.0881. The van der Waals surface area contributed by atoms with Crippen LogP contribution in [0.4, 0.5) is 34.1 Å². The fraction of sp³-hybridized carbons (Fsp3) is 0.231. The van der Waals surface area contributed by atoms with Gasteiger partial charge < -0.3 is 18.6 Å². The molecule has 0 amide bonds. The maximum atomic E-state index is 9.13. The van der Waals surface area contributed by atoms with Crippen LogP contribution in [0.1, 0.15) is 155 Å². The third-order valence-electron chi connectivity index (χ3n) is 17.9. The summed E-state index contributed by atoms with van der Waals surface area (Å²) in [5, 5.41) is 15.7. The normalized spacial score (nSPS) is 12.9. The second-order valence-electron chi connectivity index (χ2n) is 24.9. The monoisotopic (exact) mass is 1070 g/mol. The zero-order valence-electron chi connectivity index (χ0n) is 51.3. The first-order chi connectivity index (χ1) is 40.5. The van der Waals surface area contributed by atoms with Crippen LogP contribution in [-0.4, -0.2) is 0 Å². The summed E-state index contributed by atoms with van der Waals surface area (Å²) in [5.41, 5.74) is 16.5. The summed E-state index contributed by atoms with van der Waals surface area (Å²) in [6.07, 6.45) is 0. The van der Waals surface area contributed by atoms with E-state index in [2.05, 4.69) is 238 Å². The van der Waals surface area contributed by atoms with Crippen molar-refractivity contribution in [2.75, 3.05) is 9.80 Å². The summed E-state index contributed by atoms with van der Waals surface area (Å²) in [6.45, 7) is 27.7. The molecule has 0 spiro atoms. The molecule has 12 aromatic carbocycles. The number of furan rings is 2. The number of fused-ring (bicyclic) bond motifs is 8. The van der Waals surface area contributed by atoms with Crippen molar-refractivity contribution in [1.29, 1.82) is 0 Å². The van der Waals surface area contributed by atoms with Crippen molar-refractivity contribution in [2.45, 2.75) is 119 Å². The number of anilines is 6. The third-order valence-corrected chi connectivity index (χ3v) is 17.9. The second-order valence-corrected chi connectivity index (χ2v) is 24.9. The maximum Gasteiger partial charge on any atom is 0.159 e. The summed E-state index contributed by atoms with van der Waals surface area (Å²) in [5.74, 6) is 1.29. The molecule has 0 atom stereocenters. The number of benzene rings is 12. The quantitative estimate of drug-likeness (QED) is 0.114. The van der Waals surface area contributed by atoms with Crippen LogP contribution in [0.3, 0.4) is 0 Å². The van der Waals surface area contributed by atoms with Gasteiger partial charge in [0.05, 0.1) is 36.9 Å². The molecular weight excluding hydrogens is 997 g/mol. The van der Waals surface area contributed by atoms with E-state index in [-0.39, 0.29) is 23.7 Å². The largest absolute Gasteiger partial charge is 0.454 e. The zero-order valence-corrected chi connectivity index (χ0v) is 49.3. The standard InChI is InChI=1S/C78H72N2O2/c1-43(2)51-29-27-49-31-33-54(46(7)8)75(64(49)39-51)79(67-23-17-21-59-56-19-13-15-25-71(56)81-77(59)67)69-41-63(48(11)12)66-42-70(61-37-35-53(45(5)6)58-36-38-62(69)74(66)73(58)61)80(68-24-18-22-60-57-20-14-16-26-72(57)82-78(60)68)76-55(47(9)10)34-32-50-28-30-52(44(3)4)40-65(50)76/h13-48H,1-12H3/i25D,26D.